The molecule has 1 amide bonds. The second-order valence-corrected chi connectivity index (χ2v) is 7.77. The van der Waals surface area contributed by atoms with Gasteiger partial charge in [0.05, 0.1) is 18.2 Å². The first-order valence-corrected chi connectivity index (χ1v) is 8.99. The number of carbonyl (C=O) groups is 1. The molecule has 3 heterocycles. The molecule has 0 radical (unpaired) electrons. The van der Waals surface area contributed by atoms with Gasteiger partial charge >= 0.3 is 0 Å². The van der Waals surface area contributed by atoms with E-state index in [9.17, 15) is 13.2 Å². The van der Waals surface area contributed by atoms with E-state index in [-0.39, 0.29) is 12.6 Å². The summed E-state index contributed by atoms with van der Waals surface area (Å²) in [7, 11) is -3.60. The van der Waals surface area contributed by atoms with E-state index in [1.54, 1.807) is 18.4 Å². The molecule has 7 nitrogen and oxygen atoms in total. The highest BCUT2D eigenvalue weighted by atomic mass is 32.2. The zero-order chi connectivity index (χ0) is 15.7. The van der Waals surface area contributed by atoms with Crippen molar-refractivity contribution in [2.75, 3.05) is 19.6 Å². The lowest BCUT2D eigenvalue weighted by atomic mass is 9.99. The lowest BCUT2D eigenvalue weighted by molar-refractivity contribution is -0.122. The maximum atomic E-state index is 12.9. The highest BCUT2D eigenvalue weighted by molar-refractivity contribution is 7.86. The molecule has 3 rings (SSSR count). The van der Waals surface area contributed by atoms with Gasteiger partial charge in [0.1, 0.15) is 5.76 Å². The zero-order valence-corrected chi connectivity index (χ0v) is 13.2. The number of nitrogens with zero attached hydrogens (tertiary/aromatic N) is 2. The van der Waals surface area contributed by atoms with Crippen molar-refractivity contribution in [2.45, 2.75) is 31.7 Å². The summed E-state index contributed by atoms with van der Waals surface area (Å²) in [6.45, 7) is 1.10. The molecule has 1 aromatic heterocycles. The summed E-state index contributed by atoms with van der Waals surface area (Å²) in [4.78, 5) is 11.4. The minimum Gasteiger partial charge on any atom is -0.468 e. The Morgan fingerprint density at radius 2 is 2.05 bits per heavy atom. The molecule has 0 aromatic carbocycles. The first kappa shape index (κ1) is 15.5. The van der Waals surface area contributed by atoms with Gasteiger partial charge in [-0.2, -0.15) is 17.0 Å². The lowest BCUT2D eigenvalue weighted by Crippen LogP contribution is -2.49. The fourth-order valence-corrected chi connectivity index (χ4v) is 5.23. The van der Waals surface area contributed by atoms with Crippen molar-refractivity contribution in [1.29, 1.82) is 0 Å². The van der Waals surface area contributed by atoms with E-state index in [0.717, 1.165) is 12.8 Å². The third-order valence-electron chi connectivity index (χ3n) is 4.48. The van der Waals surface area contributed by atoms with Gasteiger partial charge in [-0.05, 0) is 37.8 Å². The van der Waals surface area contributed by atoms with Crippen LogP contribution in [0.15, 0.2) is 22.8 Å². The number of hydrogen-bond acceptors (Lipinski definition) is 4. The van der Waals surface area contributed by atoms with Crippen LogP contribution in [0.4, 0.5) is 0 Å². The number of rotatable bonds is 4. The summed E-state index contributed by atoms with van der Waals surface area (Å²) in [5.74, 6) is -0.151. The topological polar surface area (TPSA) is 96.8 Å². The molecule has 8 heteroatoms. The number of carbonyl (C=O) groups excluding carboxylic acids is 1. The molecule has 22 heavy (non-hydrogen) atoms. The Labute approximate surface area is 130 Å². The van der Waals surface area contributed by atoms with Gasteiger partial charge in [-0.3, -0.25) is 4.79 Å². The van der Waals surface area contributed by atoms with Crippen LogP contribution in [0.25, 0.3) is 0 Å². The Bertz CT molecular complexity index is 629. The van der Waals surface area contributed by atoms with E-state index in [1.807, 2.05) is 0 Å². The molecule has 2 atom stereocenters. The first-order chi connectivity index (χ1) is 10.5. The molecule has 2 aliphatic heterocycles. The fourth-order valence-electron chi connectivity index (χ4n) is 3.31. The molecular weight excluding hydrogens is 306 g/mol. The quantitative estimate of drug-likeness (QED) is 0.887. The Hall–Kier alpha value is -1.38. The van der Waals surface area contributed by atoms with Crippen LogP contribution in [0.2, 0.25) is 0 Å². The highest BCUT2D eigenvalue weighted by Gasteiger charge is 2.42. The van der Waals surface area contributed by atoms with Crippen molar-refractivity contribution in [3.05, 3.63) is 24.2 Å². The van der Waals surface area contributed by atoms with Gasteiger partial charge in [-0.25, -0.2) is 0 Å². The minimum atomic E-state index is -3.60. The zero-order valence-electron chi connectivity index (χ0n) is 12.3. The van der Waals surface area contributed by atoms with Crippen LogP contribution >= 0.6 is 0 Å². The van der Waals surface area contributed by atoms with Crippen LogP contribution in [0, 0.1) is 5.92 Å². The number of piperidine rings is 1. The number of hydrogen-bond donors (Lipinski definition) is 1. The van der Waals surface area contributed by atoms with Crippen LogP contribution in [-0.4, -0.2) is 42.6 Å². The van der Waals surface area contributed by atoms with Crippen molar-refractivity contribution in [3.63, 3.8) is 0 Å². The standard InChI is InChI=1S/C14H21N3O4S/c15-14(18)11-4-1-7-16(10-11)22(19,20)17-8-2-5-12(17)13-6-3-9-21-13/h3,6,9,11-12H,1-2,4-5,7-8,10H2,(H2,15,18)/t11-,12+/m0/s1. The Morgan fingerprint density at radius 3 is 2.73 bits per heavy atom. The van der Waals surface area contributed by atoms with E-state index in [0.29, 0.717) is 31.7 Å². The van der Waals surface area contributed by atoms with Crippen LogP contribution in [0.3, 0.4) is 0 Å². The summed E-state index contributed by atoms with van der Waals surface area (Å²) < 4.78 is 34.1. The van der Waals surface area contributed by atoms with Crippen molar-refractivity contribution in [2.24, 2.45) is 11.7 Å². The molecular formula is C14H21N3O4S. The molecule has 122 valence electrons. The monoisotopic (exact) mass is 327 g/mol. The smallest absolute Gasteiger partial charge is 0.282 e. The van der Waals surface area contributed by atoms with Gasteiger partial charge in [0.2, 0.25) is 5.91 Å². The summed E-state index contributed by atoms with van der Waals surface area (Å²) in [6, 6.07) is 3.32. The lowest BCUT2D eigenvalue weighted by Gasteiger charge is -2.34. The molecule has 2 saturated heterocycles. The average Bonchev–Trinajstić information content (AvgIpc) is 3.18. The fraction of sp³-hybridized carbons (Fsp3) is 0.643. The Morgan fingerprint density at radius 1 is 1.27 bits per heavy atom. The molecule has 2 aliphatic rings. The van der Waals surface area contributed by atoms with Crippen molar-refractivity contribution in [1.82, 2.24) is 8.61 Å². The van der Waals surface area contributed by atoms with E-state index in [2.05, 4.69) is 0 Å². The highest BCUT2D eigenvalue weighted by Crippen LogP contribution is 2.36. The largest absolute Gasteiger partial charge is 0.468 e. The second kappa shape index (κ2) is 6.02. The Balaban J connectivity index is 1.81. The SMILES string of the molecule is NC(=O)[C@H]1CCCN(S(=O)(=O)N2CCC[C@@H]2c2ccco2)C1. The number of nitrogens with two attached hydrogens (primary N) is 1. The van der Waals surface area contributed by atoms with Gasteiger partial charge in [-0.15, -0.1) is 0 Å². The Kier molecular flexibility index (Phi) is 4.24. The molecule has 2 N–H and O–H groups in total. The predicted octanol–water partition coefficient (Wildman–Crippen LogP) is 0.859. The van der Waals surface area contributed by atoms with E-state index >= 15 is 0 Å². The van der Waals surface area contributed by atoms with Crippen molar-refractivity contribution < 1.29 is 17.6 Å². The van der Waals surface area contributed by atoms with Gasteiger partial charge in [-0.1, -0.05) is 0 Å². The van der Waals surface area contributed by atoms with E-state index in [4.69, 9.17) is 10.2 Å². The maximum Gasteiger partial charge on any atom is 0.282 e. The van der Waals surface area contributed by atoms with Gasteiger partial charge in [0, 0.05) is 19.6 Å². The third kappa shape index (κ3) is 2.78. The number of primary amides is 1. The van der Waals surface area contributed by atoms with Crippen molar-refractivity contribution >= 4 is 16.1 Å². The summed E-state index contributed by atoms with van der Waals surface area (Å²) in [5, 5.41) is 0. The van der Waals surface area contributed by atoms with Crippen LogP contribution in [0.5, 0.6) is 0 Å². The summed E-state index contributed by atoms with van der Waals surface area (Å²) in [5.41, 5.74) is 5.34. The van der Waals surface area contributed by atoms with Gasteiger partial charge < -0.3 is 10.2 Å². The molecule has 0 spiro atoms. The molecule has 0 saturated carbocycles. The summed E-state index contributed by atoms with van der Waals surface area (Å²) in [6.07, 6.45) is 4.43. The van der Waals surface area contributed by atoms with Gasteiger partial charge in [0.15, 0.2) is 0 Å². The maximum absolute atomic E-state index is 12.9. The van der Waals surface area contributed by atoms with Crippen LogP contribution in [-0.2, 0) is 15.0 Å². The minimum absolute atomic E-state index is 0.180. The average molecular weight is 327 g/mol. The predicted molar refractivity (Wildman–Crippen MR) is 79.8 cm³/mol. The normalized spacial score (nSPS) is 28.0. The number of amides is 1. The van der Waals surface area contributed by atoms with Crippen molar-refractivity contribution in [3.8, 4) is 0 Å². The molecule has 0 unspecified atom stereocenters. The van der Waals surface area contributed by atoms with E-state index in [1.165, 1.54) is 8.61 Å². The first-order valence-electron chi connectivity index (χ1n) is 7.60. The van der Waals surface area contributed by atoms with Gasteiger partial charge in [0.25, 0.3) is 10.2 Å². The van der Waals surface area contributed by atoms with E-state index < -0.39 is 22.0 Å². The molecule has 1 aromatic rings. The molecule has 0 aliphatic carbocycles. The second-order valence-electron chi connectivity index (χ2n) is 5.89. The van der Waals surface area contributed by atoms with Crippen LogP contribution in [0.1, 0.15) is 37.5 Å². The molecule has 0 bridgehead atoms. The molecule has 2 fully saturated rings. The van der Waals surface area contributed by atoms with Crippen LogP contribution < -0.4 is 5.73 Å². The number of furan rings is 1. The third-order valence-corrected chi connectivity index (χ3v) is 6.50. The summed E-state index contributed by atoms with van der Waals surface area (Å²) >= 11 is 0.